The summed E-state index contributed by atoms with van der Waals surface area (Å²) in [4.78, 5) is 30.5. The van der Waals surface area contributed by atoms with Crippen LogP contribution in [0.2, 0.25) is 0 Å². The van der Waals surface area contributed by atoms with Crippen molar-refractivity contribution in [3.63, 3.8) is 0 Å². The van der Waals surface area contributed by atoms with Crippen molar-refractivity contribution in [2.75, 3.05) is 0 Å². The number of esters is 1. The molecule has 0 spiro atoms. The van der Waals surface area contributed by atoms with Crippen LogP contribution in [0.15, 0.2) is 64.3 Å². The molecular formula is C27H22N2O7S. The van der Waals surface area contributed by atoms with E-state index in [9.17, 15) is 23.1 Å². The highest BCUT2D eigenvalue weighted by Crippen LogP contribution is 2.39. The van der Waals surface area contributed by atoms with E-state index in [4.69, 9.17) is 13.9 Å². The van der Waals surface area contributed by atoms with Crippen LogP contribution < -0.4 is 9.74 Å². The summed E-state index contributed by atoms with van der Waals surface area (Å²) in [6.07, 6.45) is 0.0363. The minimum Gasteiger partial charge on any atom is -0.458 e. The van der Waals surface area contributed by atoms with E-state index < -0.39 is 21.7 Å². The first kappa shape index (κ1) is 23.4. The van der Waals surface area contributed by atoms with E-state index in [-0.39, 0.29) is 46.9 Å². The fourth-order valence-electron chi connectivity index (χ4n) is 4.92. The van der Waals surface area contributed by atoms with E-state index in [1.807, 2.05) is 13.0 Å². The summed E-state index contributed by atoms with van der Waals surface area (Å²) in [6, 6.07) is 14.8. The summed E-state index contributed by atoms with van der Waals surface area (Å²) in [5, 5.41) is 11.7. The van der Waals surface area contributed by atoms with Crippen LogP contribution in [0.25, 0.3) is 22.3 Å². The van der Waals surface area contributed by atoms with Gasteiger partial charge < -0.3 is 18.6 Å². The molecule has 0 saturated carbocycles. The lowest BCUT2D eigenvalue weighted by Gasteiger charge is -2.31. The molecule has 4 heterocycles. The van der Waals surface area contributed by atoms with Gasteiger partial charge in [-0.15, -0.1) is 0 Å². The van der Waals surface area contributed by atoms with Gasteiger partial charge in [-0.1, -0.05) is 36.8 Å². The van der Waals surface area contributed by atoms with Crippen LogP contribution in [0.1, 0.15) is 35.6 Å². The van der Waals surface area contributed by atoms with Gasteiger partial charge in [0.15, 0.2) is 11.4 Å². The fraction of sp³-hybridized carbons (Fsp3) is 0.222. The number of hydrogen-bond donors (Lipinski definition) is 1. The molecule has 6 rings (SSSR count). The van der Waals surface area contributed by atoms with Crippen LogP contribution in [-0.2, 0) is 38.4 Å². The summed E-state index contributed by atoms with van der Waals surface area (Å²) >= 11 is 0. The minimum atomic E-state index is -4.12. The number of hydrogen-bond acceptors (Lipinski definition) is 8. The van der Waals surface area contributed by atoms with Crippen LogP contribution in [0, 0.1) is 6.92 Å². The van der Waals surface area contributed by atoms with Crippen molar-refractivity contribution < 1.29 is 27.2 Å². The average molecular weight is 519 g/mol. The molecule has 9 nitrogen and oxygen atoms in total. The molecule has 10 heteroatoms. The molecule has 2 aliphatic rings. The van der Waals surface area contributed by atoms with Crippen molar-refractivity contribution in [1.82, 2.24) is 9.55 Å². The number of aliphatic hydroxyl groups is 1. The third-order valence-electron chi connectivity index (χ3n) is 7.01. The third kappa shape index (κ3) is 3.47. The van der Waals surface area contributed by atoms with Gasteiger partial charge in [0, 0.05) is 16.5 Å². The van der Waals surface area contributed by atoms with Gasteiger partial charge in [0.25, 0.3) is 5.56 Å². The minimum absolute atomic E-state index is 0.0190. The Morgan fingerprint density at radius 2 is 1.89 bits per heavy atom. The maximum atomic E-state index is 13.3. The molecular weight excluding hydrogens is 496 g/mol. The molecule has 0 bridgehead atoms. The Morgan fingerprint density at radius 1 is 1.14 bits per heavy atom. The van der Waals surface area contributed by atoms with Crippen molar-refractivity contribution in [3.05, 3.63) is 87.2 Å². The highest BCUT2D eigenvalue weighted by atomic mass is 32.2. The molecule has 0 unspecified atom stereocenters. The molecule has 0 aliphatic carbocycles. The smallest absolute Gasteiger partial charge is 0.343 e. The van der Waals surface area contributed by atoms with E-state index in [1.165, 1.54) is 22.8 Å². The number of rotatable bonds is 4. The predicted molar refractivity (Wildman–Crippen MR) is 134 cm³/mol. The van der Waals surface area contributed by atoms with E-state index in [0.29, 0.717) is 22.3 Å². The van der Waals surface area contributed by atoms with Gasteiger partial charge in [0.05, 0.1) is 23.5 Å². The maximum absolute atomic E-state index is 13.3. The van der Waals surface area contributed by atoms with Crippen molar-refractivity contribution in [2.24, 2.45) is 0 Å². The molecule has 2 aromatic carbocycles. The Morgan fingerprint density at radius 3 is 2.62 bits per heavy atom. The zero-order valence-electron chi connectivity index (χ0n) is 20.0. The lowest BCUT2D eigenvalue weighted by Crippen LogP contribution is -2.44. The highest BCUT2D eigenvalue weighted by molar-refractivity contribution is 7.87. The molecule has 1 atom stereocenters. The second-order valence-electron chi connectivity index (χ2n) is 9.28. The fourth-order valence-corrected chi connectivity index (χ4v) is 5.86. The van der Waals surface area contributed by atoms with Crippen LogP contribution in [0.5, 0.6) is 5.75 Å². The second kappa shape index (κ2) is 7.99. The lowest BCUT2D eigenvalue weighted by atomic mass is 9.86. The van der Waals surface area contributed by atoms with Crippen LogP contribution in [-0.4, -0.2) is 29.0 Å². The summed E-state index contributed by atoms with van der Waals surface area (Å²) in [5.74, 6) is -0.748. The van der Waals surface area contributed by atoms with Crippen LogP contribution in [0.4, 0.5) is 0 Å². The van der Waals surface area contributed by atoms with Gasteiger partial charge >= 0.3 is 16.1 Å². The van der Waals surface area contributed by atoms with Gasteiger partial charge in [-0.2, -0.15) is 8.42 Å². The molecule has 2 aliphatic heterocycles. The first-order valence-corrected chi connectivity index (χ1v) is 13.1. The SMILES string of the molecule is CC[C@@]1(O)C(=O)OCc2c1cc1n(c2=O)Cc2cc3cccc(OS(=O)(=O)c4ccc(C)cc4)c3nc2-1. The number of para-hydroxylation sites is 1. The maximum Gasteiger partial charge on any atom is 0.343 e. The Labute approximate surface area is 212 Å². The first-order valence-electron chi connectivity index (χ1n) is 11.7. The molecule has 0 amide bonds. The highest BCUT2D eigenvalue weighted by Gasteiger charge is 2.45. The summed E-state index contributed by atoms with van der Waals surface area (Å²) in [7, 11) is -4.12. The number of ether oxygens (including phenoxy) is 1. The number of carbonyl (C=O) groups excluding carboxylic acids is 1. The van der Waals surface area contributed by atoms with E-state index in [1.54, 1.807) is 37.3 Å². The van der Waals surface area contributed by atoms with E-state index in [2.05, 4.69) is 0 Å². The van der Waals surface area contributed by atoms with Crippen molar-refractivity contribution in [2.45, 2.75) is 43.9 Å². The zero-order valence-corrected chi connectivity index (χ0v) is 20.8. The Bertz CT molecular complexity index is 1790. The molecule has 2 aromatic heterocycles. The predicted octanol–water partition coefficient (Wildman–Crippen LogP) is 3.16. The van der Waals surface area contributed by atoms with Gasteiger partial charge in [-0.25, -0.2) is 9.78 Å². The zero-order chi connectivity index (χ0) is 26.1. The Hall–Kier alpha value is -4.02. The molecule has 1 N–H and O–H groups in total. The Kier molecular flexibility index (Phi) is 5.05. The van der Waals surface area contributed by atoms with Crippen molar-refractivity contribution in [3.8, 4) is 17.1 Å². The van der Waals surface area contributed by atoms with Crippen LogP contribution >= 0.6 is 0 Å². The second-order valence-corrected chi connectivity index (χ2v) is 10.8. The Balaban J connectivity index is 1.50. The van der Waals surface area contributed by atoms with Gasteiger partial charge in [-0.3, -0.25) is 4.79 Å². The number of aromatic nitrogens is 2. The number of fused-ring (bicyclic) bond motifs is 5. The summed E-state index contributed by atoms with van der Waals surface area (Å²) in [5.41, 5.74) is 0.999. The third-order valence-corrected chi connectivity index (χ3v) is 8.26. The lowest BCUT2D eigenvalue weighted by molar-refractivity contribution is -0.172. The van der Waals surface area contributed by atoms with Crippen molar-refractivity contribution >= 4 is 27.0 Å². The number of pyridine rings is 2. The van der Waals surface area contributed by atoms with Crippen molar-refractivity contribution in [1.29, 1.82) is 0 Å². The number of nitrogens with zero attached hydrogens (tertiary/aromatic N) is 2. The first-order chi connectivity index (χ1) is 17.6. The number of benzene rings is 2. The van der Waals surface area contributed by atoms with Gasteiger partial charge in [0.2, 0.25) is 0 Å². The molecule has 0 fully saturated rings. The normalized spacial score (nSPS) is 18.2. The van der Waals surface area contributed by atoms with Crippen LogP contribution in [0.3, 0.4) is 0 Å². The summed E-state index contributed by atoms with van der Waals surface area (Å²) in [6.45, 7) is 3.52. The molecule has 4 aromatic rings. The van der Waals surface area contributed by atoms with E-state index >= 15 is 0 Å². The molecule has 188 valence electrons. The average Bonchev–Trinajstić information content (AvgIpc) is 3.23. The number of aryl methyl sites for hydroxylation is 1. The standard InChI is InChI=1S/C27H22N2O7S/c1-3-27(32)20-12-21-23-17(13-29(21)25(30)19(20)14-35-26(27)31)11-16-5-4-6-22(24(16)28-23)36-37(33,34)18-9-7-15(2)8-10-18/h4-12,32H,3,13-14H2,1-2H3/t27-/m0/s1. The number of carbonyl (C=O) groups is 1. The summed E-state index contributed by atoms with van der Waals surface area (Å²) < 4.78 is 38.1. The topological polar surface area (TPSA) is 125 Å². The van der Waals surface area contributed by atoms with E-state index in [0.717, 1.165) is 11.1 Å². The molecule has 37 heavy (non-hydrogen) atoms. The molecule has 0 saturated heterocycles. The molecule has 0 radical (unpaired) electrons. The van der Waals surface area contributed by atoms with Gasteiger partial charge in [0.1, 0.15) is 17.0 Å². The largest absolute Gasteiger partial charge is 0.458 e. The monoisotopic (exact) mass is 518 g/mol. The number of cyclic esters (lactones) is 1. The van der Waals surface area contributed by atoms with Gasteiger partial charge in [-0.05, 0) is 43.7 Å². The quantitative estimate of drug-likeness (QED) is 0.284.